The fourth-order valence-corrected chi connectivity index (χ4v) is 1.56. The standard InChI is InChI=1S/C10H18N2O4/c1-7(9(13)14)11(2)10(15)12(3)8-4-5-16-6-8/h7-8H,4-6H2,1-3H3,(H,13,14). The molecular weight excluding hydrogens is 212 g/mol. The molecule has 92 valence electrons. The van der Waals surface area contributed by atoms with E-state index < -0.39 is 12.0 Å². The summed E-state index contributed by atoms with van der Waals surface area (Å²) in [5, 5.41) is 8.81. The van der Waals surface area contributed by atoms with Crippen LogP contribution in [-0.4, -0.2) is 66.3 Å². The van der Waals surface area contributed by atoms with E-state index in [0.717, 1.165) is 6.42 Å². The molecule has 0 radical (unpaired) electrons. The van der Waals surface area contributed by atoms with Crippen LogP contribution in [0, 0.1) is 0 Å². The van der Waals surface area contributed by atoms with E-state index in [1.54, 1.807) is 11.9 Å². The molecule has 1 N–H and O–H groups in total. The molecule has 1 heterocycles. The fourth-order valence-electron chi connectivity index (χ4n) is 1.56. The third-order valence-corrected chi connectivity index (χ3v) is 3.00. The van der Waals surface area contributed by atoms with Gasteiger partial charge in [0.05, 0.1) is 12.6 Å². The van der Waals surface area contributed by atoms with Crippen LogP contribution in [-0.2, 0) is 9.53 Å². The van der Waals surface area contributed by atoms with Crippen molar-refractivity contribution in [2.24, 2.45) is 0 Å². The summed E-state index contributed by atoms with van der Waals surface area (Å²) in [6, 6.07) is -1.06. The fraction of sp³-hybridized carbons (Fsp3) is 0.800. The van der Waals surface area contributed by atoms with Crippen LogP contribution in [0.3, 0.4) is 0 Å². The van der Waals surface area contributed by atoms with Gasteiger partial charge in [-0.05, 0) is 13.3 Å². The van der Waals surface area contributed by atoms with Crippen LogP contribution in [0.25, 0.3) is 0 Å². The van der Waals surface area contributed by atoms with Gasteiger partial charge in [0.1, 0.15) is 6.04 Å². The third-order valence-electron chi connectivity index (χ3n) is 3.00. The summed E-state index contributed by atoms with van der Waals surface area (Å²) in [6.07, 6.45) is 0.803. The Morgan fingerprint density at radius 2 is 2.06 bits per heavy atom. The zero-order valence-electron chi connectivity index (χ0n) is 9.84. The number of amides is 2. The average molecular weight is 230 g/mol. The predicted octanol–water partition coefficient (Wildman–Crippen LogP) is 0.232. The van der Waals surface area contributed by atoms with Gasteiger partial charge in [-0.3, -0.25) is 0 Å². The molecule has 2 amide bonds. The van der Waals surface area contributed by atoms with Crippen LogP contribution in [0.4, 0.5) is 4.79 Å². The lowest BCUT2D eigenvalue weighted by Crippen LogP contribution is -2.49. The highest BCUT2D eigenvalue weighted by Crippen LogP contribution is 2.13. The molecule has 0 aromatic heterocycles. The van der Waals surface area contributed by atoms with Crippen molar-refractivity contribution in [2.45, 2.75) is 25.4 Å². The first-order valence-corrected chi connectivity index (χ1v) is 5.25. The largest absolute Gasteiger partial charge is 0.480 e. The summed E-state index contributed by atoms with van der Waals surface area (Å²) < 4.78 is 5.19. The smallest absolute Gasteiger partial charge is 0.326 e. The molecule has 0 bridgehead atoms. The van der Waals surface area contributed by atoms with Crippen molar-refractivity contribution in [2.75, 3.05) is 27.3 Å². The SMILES string of the molecule is CC(C(=O)O)N(C)C(=O)N(C)C1CCOC1. The molecule has 6 nitrogen and oxygen atoms in total. The molecule has 1 aliphatic rings. The minimum absolute atomic E-state index is 0.0518. The maximum absolute atomic E-state index is 11.9. The van der Waals surface area contributed by atoms with Crippen LogP contribution in [0.15, 0.2) is 0 Å². The number of carboxylic acids is 1. The van der Waals surface area contributed by atoms with Gasteiger partial charge in [-0.1, -0.05) is 0 Å². The molecule has 1 fully saturated rings. The van der Waals surface area contributed by atoms with Crippen LogP contribution in [0.5, 0.6) is 0 Å². The number of nitrogens with zero attached hydrogens (tertiary/aromatic N) is 2. The van der Waals surface area contributed by atoms with E-state index in [1.165, 1.54) is 18.9 Å². The molecule has 1 rings (SSSR count). The maximum atomic E-state index is 11.9. The van der Waals surface area contributed by atoms with Crippen molar-refractivity contribution in [1.82, 2.24) is 9.80 Å². The number of carbonyl (C=O) groups excluding carboxylic acids is 1. The minimum atomic E-state index is -1.01. The van der Waals surface area contributed by atoms with Gasteiger partial charge in [0.15, 0.2) is 0 Å². The van der Waals surface area contributed by atoms with E-state index in [1.807, 2.05) is 0 Å². The van der Waals surface area contributed by atoms with Crippen molar-refractivity contribution in [3.63, 3.8) is 0 Å². The number of carboxylic acid groups (broad SMARTS) is 1. The number of hydrogen-bond acceptors (Lipinski definition) is 3. The lowest BCUT2D eigenvalue weighted by atomic mass is 10.2. The zero-order valence-corrected chi connectivity index (χ0v) is 9.84. The highest BCUT2D eigenvalue weighted by molar-refractivity contribution is 5.82. The van der Waals surface area contributed by atoms with Gasteiger partial charge in [-0.2, -0.15) is 0 Å². The molecule has 2 atom stereocenters. The number of urea groups is 1. The normalized spacial score (nSPS) is 21.6. The van der Waals surface area contributed by atoms with E-state index in [4.69, 9.17) is 9.84 Å². The average Bonchev–Trinajstić information content (AvgIpc) is 2.78. The number of hydrogen-bond donors (Lipinski definition) is 1. The van der Waals surface area contributed by atoms with Crippen molar-refractivity contribution >= 4 is 12.0 Å². The Kier molecular flexibility index (Phi) is 4.12. The van der Waals surface area contributed by atoms with E-state index in [2.05, 4.69) is 0 Å². The van der Waals surface area contributed by atoms with Crippen LogP contribution in [0.2, 0.25) is 0 Å². The van der Waals surface area contributed by atoms with Gasteiger partial charge >= 0.3 is 12.0 Å². The molecule has 2 unspecified atom stereocenters. The summed E-state index contributed by atoms with van der Waals surface area (Å²) in [4.78, 5) is 25.4. The highest BCUT2D eigenvalue weighted by atomic mass is 16.5. The van der Waals surface area contributed by atoms with E-state index in [-0.39, 0.29) is 12.1 Å². The Labute approximate surface area is 94.8 Å². The Morgan fingerprint density at radius 1 is 1.44 bits per heavy atom. The van der Waals surface area contributed by atoms with Gasteiger partial charge in [0.2, 0.25) is 0 Å². The van der Waals surface area contributed by atoms with E-state index in [0.29, 0.717) is 13.2 Å². The van der Waals surface area contributed by atoms with Crippen LogP contribution >= 0.6 is 0 Å². The van der Waals surface area contributed by atoms with Crippen molar-refractivity contribution in [3.8, 4) is 0 Å². The second kappa shape index (κ2) is 5.16. The Bertz CT molecular complexity index is 276. The minimum Gasteiger partial charge on any atom is -0.480 e. The number of ether oxygens (including phenoxy) is 1. The molecule has 1 aliphatic heterocycles. The molecule has 0 aromatic carbocycles. The van der Waals surface area contributed by atoms with Crippen molar-refractivity contribution in [1.29, 1.82) is 0 Å². The first-order valence-electron chi connectivity index (χ1n) is 5.25. The number of carbonyl (C=O) groups is 2. The van der Waals surface area contributed by atoms with Crippen LogP contribution < -0.4 is 0 Å². The second-order valence-electron chi connectivity index (χ2n) is 4.04. The highest BCUT2D eigenvalue weighted by Gasteiger charge is 2.29. The van der Waals surface area contributed by atoms with Gasteiger partial charge < -0.3 is 19.6 Å². The van der Waals surface area contributed by atoms with Crippen molar-refractivity contribution in [3.05, 3.63) is 0 Å². The summed E-state index contributed by atoms with van der Waals surface area (Å²) in [5.41, 5.74) is 0. The van der Waals surface area contributed by atoms with E-state index in [9.17, 15) is 9.59 Å². The second-order valence-corrected chi connectivity index (χ2v) is 4.04. The first kappa shape index (κ1) is 12.8. The molecule has 0 saturated carbocycles. The number of aliphatic carboxylic acids is 1. The van der Waals surface area contributed by atoms with Crippen molar-refractivity contribution < 1.29 is 19.4 Å². The van der Waals surface area contributed by atoms with E-state index >= 15 is 0 Å². The molecular formula is C10H18N2O4. The predicted molar refractivity (Wildman–Crippen MR) is 57.2 cm³/mol. The molecule has 6 heteroatoms. The monoisotopic (exact) mass is 230 g/mol. The van der Waals surface area contributed by atoms with Crippen LogP contribution in [0.1, 0.15) is 13.3 Å². The number of rotatable bonds is 3. The summed E-state index contributed by atoms with van der Waals surface area (Å²) in [7, 11) is 3.17. The molecule has 0 spiro atoms. The molecule has 0 aliphatic carbocycles. The topological polar surface area (TPSA) is 70.1 Å². The summed E-state index contributed by atoms with van der Waals surface area (Å²) >= 11 is 0. The zero-order chi connectivity index (χ0) is 12.3. The van der Waals surface area contributed by atoms with Gasteiger partial charge in [-0.15, -0.1) is 0 Å². The quantitative estimate of drug-likeness (QED) is 0.753. The molecule has 0 aromatic rings. The van der Waals surface area contributed by atoms with Gasteiger partial charge in [-0.25, -0.2) is 9.59 Å². The summed E-state index contributed by atoms with van der Waals surface area (Å²) in [5.74, 6) is -1.01. The third kappa shape index (κ3) is 2.63. The summed E-state index contributed by atoms with van der Waals surface area (Å²) in [6.45, 7) is 2.66. The van der Waals surface area contributed by atoms with Gasteiger partial charge in [0.25, 0.3) is 0 Å². The lowest BCUT2D eigenvalue weighted by molar-refractivity contribution is -0.141. The Morgan fingerprint density at radius 3 is 2.50 bits per heavy atom. The lowest BCUT2D eigenvalue weighted by Gasteiger charge is -2.30. The first-order chi connectivity index (χ1) is 7.45. The Balaban J connectivity index is 2.58. The molecule has 16 heavy (non-hydrogen) atoms. The Hall–Kier alpha value is -1.30. The van der Waals surface area contributed by atoms with Gasteiger partial charge in [0, 0.05) is 20.7 Å². The maximum Gasteiger partial charge on any atom is 0.326 e. The number of likely N-dealkylation sites (N-methyl/N-ethyl adjacent to an activating group) is 2. The molecule has 1 saturated heterocycles.